The fourth-order valence-electron chi connectivity index (χ4n) is 4.36. The number of aromatic nitrogens is 4. The average molecular weight is 513 g/mol. The molecule has 1 atom stereocenters. The largest absolute Gasteiger partial charge is 0.417 e. The zero-order chi connectivity index (χ0) is 26.9. The van der Waals surface area contributed by atoms with Crippen LogP contribution in [0.25, 0.3) is 11.4 Å². The fraction of sp³-hybridized carbons (Fsp3) is 0.346. The number of halogens is 3. The maximum absolute atomic E-state index is 12.9. The van der Waals surface area contributed by atoms with Gasteiger partial charge in [0.1, 0.15) is 0 Å². The molecule has 0 saturated carbocycles. The summed E-state index contributed by atoms with van der Waals surface area (Å²) in [5.41, 5.74) is 3.23. The Morgan fingerprint density at radius 3 is 2.46 bits per heavy atom. The minimum absolute atomic E-state index is 0.0488. The van der Waals surface area contributed by atoms with Gasteiger partial charge in [-0.15, -0.1) is 0 Å². The number of rotatable bonds is 5. The van der Waals surface area contributed by atoms with Gasteiger partial charge < -0.3 is 10.2 Å². The number of alkyl halides is 3. The summed E-state index contributed by atoms with van der Waals surface area (Å²) in [4.78, 5) is 34.7. The van der Waals surface area contributed by atoms with Crippen LogP contribution in [0.1, 0.15) is 59.1 Å². The van der Waals surface area contributed by atoms with E-state index in [1.807, 2.05) is 20.0 Å². The lowest BCUT2D eigenvalue weighted by molar-refractivity contribution is -0.137. The average Bonchev–Trinajstić information content (AvgIpc) is 3.24. The van der Waals surface area contributed by atoms with Crippen LogP contribution in [0.15, 0.2) is 42.9 Å². The van der Waals surface area contributed by atoms with Gasteiger partial charge in [-0.3, -0.25) is 14.6 Å². The summed E-state index contributed by atoms with van der Waals surface area (Å²) in [5, 5.41) is 6.94. The number of aryl methyl sites for hydroxylation is 1. The van der Waals surface area contributed by atoms with Gasteiger partial charge in [0.15, 0.2) is 5.82 Å². The van der Waals surface area contributed by atoms with Gasteiger partial charge in [-0.2, -0.15) is 18.3 Å². The molecule has 3 aromatic rings. The van der Waals surface area contributed by atoms with Crippen LogP contribution in [0.3, 0.4) is 0 Å². The molecule has 1 aliphatic carbocycles. The predicted octanol–water partition coefficient (Wildman–Crippen LogP) is 4.96. The number of hydrogen-bond acceptors (Lipinski definition) is 5. The van der Waals surface area contributed by atoms with Crippen molar-refractivity contribution in [3.8, 4) is 5.82 Å². The summed E-state index contributed by atoms with van der Waals surface area (Å²) in [6, 6.07) is 4.15. The van der Waals surface area contributed by atoms with Crippen molar-refractivity contribution in [2.45, 2.75) is 52.3 Å². The SMILES string of the molecule is CC(=O)N(C)C1CC=C(c2ncc(NC(=O)c3cnn(-c4ccc(C(F)(F)F)cn4)c3C)cc2C)CC1. The van der Waals surface area contributed by atoms with Gasteiger partial charge in [0, 0.05) is 26.2 Å². The Labute approximate surface area is 212 Å². The van der Waals surface area contributed by atoms with Crippen LogP contribution in [-0.4, -0.2) is 49.6 Å². The molecule has 1 aliphatic rings. The first-order valence-electron chi connectivity index (χ1n) is 11.7. The number of anilines is 1. The second-order valence-electron chi connectivity index (χ2n) is 9.09. The van der Waals surface area contributed by atoms with E-state index < -0.39 is 17.6 Å². The summed E-state index contributed by atoms with van der Waals surface area (Å²) < 4.78 is 39.7. The standard InChI is InChI=1S/C26H27F3N6O2/c1-15-11-20(13-31-24(15)18-5-8-21(9-6-18)34(4)17(3)36)33-25(37)22-14-32-35(16(22)2)23-10-7-19(12-30-23)26(27,28)29/h5,7,10-14,21H,6,8-9H2,1-4H3,(H,33,37). The molecule has 0 spiro atoms. The highest BCUT2D eigenvalue weighted by Crippen LogP contribution is 2.31. The lowest BCUT2D eigenvalue weighted by atomic mass is 9.91. The van der Waals surface area contributed by atoms with E-state index in [-0.39, 0.29) is 23.3 Å². The predicted molar refractivity (Wildman–Crippen MR) is 132 cm³/mol. The molecule has 0 aromatic carbocycles. The quantitative estimate of drug-likeness (QED) is 0.521. The molecule has 8 nitrogen and oxygen atoms in total. The number of hydrogen-bond donors (Lipinski definition) is 1. The Morgan fingerprint density at radius 1 is 1.14 bits per heavy atom. The van der Waals surface area contributed by atoms with Gasteiger partial charge in [-0.25, -0.2) is 9.67 Å². The molecular weight excluding hydrogens is 485 g/mol. The first-order valence-corrected chi connectivity index (χ1v) is 11.7. The molecule has 1 unspecified atom stereocenters. The van der Waals surface area contributed by atoms with Gasteiger partial charge in [-0.05, 0) is 62.4 Å². The van der Waals surface area contributed by atoms with Gasteiger partial charge in [-0.1, -0.05) is 6.08 Å². The highest BCUT2D eigenvalue weighted by molar-refractivity contribution is 6.05. The normalized spacial score (nSPS) is 15.8. The molecule has 0 radical (unpaired) electrons. The molecule has 3 heterocycles. The van der Waals surface area contributed by atoms with E-state index >= 15 is 0 Å². The van der Waals surface area contributed by atoms with Crippen molar-refractivity contribution in [1.29, 1.82) is 0 Å². The number of carbonyl (C=O) groups is 2. The zero-order valence-electron chi connectivity index (χ0n) is 20.9. The van der Waals surface area contributed by atoms with Gasteiger partial charge in [0.2, 0.25) is 5.91 Å². The maximum Gasteiger partial charge on any atom is 0.417 e. The molecule has 2 amide bonds. The van der Waals surface area contributed by atoms with Crippen molar-refractivity contribution in [2.24, 2.45) is 0 Å². The molecule has 0 bridgehead atoms. The van der Waals surface area contributed by atoms with Crippen LogP contribution in [0.2, 0.25) is 0 Å². The molecule has 194 valence electrons. The van der Waals surface area contributed by atoms with E-state index in [0.717, 1.165) is 48.4 Å². The Bertz CT molecular complexity index is 1360. The topological polar surface area (TPSA) is 93.0 Å². The van der Waals surface area contributed by atoms with Crippen LogP contribution in [0, 0.1) is 13.8 Å². The number of nitrogens with one attached hydrogen (secondary N) is 1. The summed E-state index contributed by atoms with van der Waals surface area (Å²) in [6.45, 7) is 5.13. The third-order valence-corrected chi connectivity index (χ3v) is 6.61. The van der Waals surface area contributed by atoms with Crippen LogP contribution in [0.5, 0.6) is 0 Å². The van der Waals surface area contributed by atoms with Gasteiger partial charge in [0.05, 0.1) is 40.6 Å². The minimum atomic E-state index is -4.49. The second kappa shape index (κ2) is 10.2. The van der Waals surface area contributed by atoms with E-state index in [0.29, 0.717) is 11.4 Å². The first kappa shape index (κ1) is 26.1. The van der Waals surface area contributed by atoms with Crippen LogP contribution < -0.4 is 5.32 Å². The number of allylic oxidation sites excluding steroid dienone is 1. The number of nitrogens with zero attached hydrogens (tertiary/aromatic N) is 5. The molecule has 0 fully saturated rings. The molecule has 0 saturated heterocycles. The first-order chi connectivity index (χ1) is 17.5. The number of carbonyl (C=O) groups excluding carboxylic acids is 2. The Morgan fingerprint density at radius 2 is 1.89 bits per heavy atom. The van der Waals surface area contributed by atoms with Crippen LogP contribution >= 0.6 is 0 Å². The van der Waals surface area contributed by atoms with E-state index in [1.165, 1.54) is 16.9 Å². The van der Waals surface area contributed by atoms with Crippen molar-refractivity contribution in [3.63, 3.8) is 0 Å². The highest BCUT2D eigenvalue weighted by atomic mass is 19.4. The van der Waals surface area contributed by atoms with E-state index in [2.05, 4.69) is 26.5 Å². The highest BCUT2D eigenvalue weighted by Gasteiger charge is 2.31. The third kappa shape index (κ3) is 5.55. The number of pyridine rings is 2. The molecule has 0 aliphatic heterocycles. The van der Waals surface area contributed by atoms with Gasteiger partial charge in [0.25, 0.3) is 5.91 Å². The third-order valence-electron chi connectivity index (χ3n) is 6.61. The van der Waals surface area contributed by atoms with Crippen LogP contribution in [0.4, 0.5) is 18.9 Å². The zero-order valence-corrected chi connectivity index (χ0v) is 20.9. The van der Waals surface area contributed by atoms with E-state index in [1.54, 1.807) is 24.9 Å². The monoisotopic (exact) mass is 512 g/mol. The molecule has 3 aromatic heterocycles. The second-order valence-corrected chi connectivity index (χ2v) is 9.09. The smallest absolute Gasteiger partial charge is 0.343 e. The van der Waals surface area contributed by atoms with Crippen LogP contribution in [-0.2, 0) is 11.0 Å². The van der Waals surface area contributed by atoms with Crippen molar-refractivity contribution >= 4 is 23.1 Å². The van der Waals surface area contributed by atoms with Crippen molar-refractivity contribution < 1.29 is 22.8 Å². The summed E-state index contributed by atoms with van der Waals surface area (Å²) in [5.74, 6) is -0.201. The fourth-order valence-corrected chi connectivity index (χ4v) is 4.36. The van der Waals surface area contributed by atoms with Gasteiger partial charge >= 0.3 is 6.18 Å². The van der Waals surface area contributed by atoms with Crippen molar-refractivity contribution in [2.75, 3.05) is 12.4 Å². The maximum atomic E-state index is 12.9. The van der Waals surface area contributed by atoms with E-state index in [4.69, 9.17) is 0 Å². The Hall–Kier alpha value is -4.02. The van der Waals surface area contributed by atoms with Crippen molar-refractivity contribution in [3.05, 3.63) is 70.9 Å². The molecule has 11 heteroatoms. The Balaban J connectivity index is 1.46. The lowest BCUT2D eigenvalue weighted by Gasteiger charge is -2.30. The van der Waals surface area contributed by atoms with Crippen molar-refractivity contribution in [1.82, 2.24) is 24.6 Å². The molecular formula is C26H27F3N6O2. The Kier molecular flexibility index (Phi) is 7.15. The minimum Gasteiger partial charge on any atom is -0.343 e. The van der Waals surface area contributed by atoms with E-state index in [9.17, 15) is 22.8 Å². The summed E-state index contributed by atoms with van der Waals surface area (Å²) in [6.07, 6.45) is 3.73. The lowest BCUT2D eigenvalue weighted by Crippen LogP contribution is -2.36. The summed E-state index contributed by atoms with van der Waals surface area (Å²) >= 11 is 0. The molecule has 37 heavy (non-hydrogen) atoms. The summed E-state index contributed by atoms with van der Waals surface area (Å²) in [7, 11) is 1.82. The molecule has 4 rings (SSSR count). The molecule has 1 N–H and O–H groups in total. The number of amides is 2.